The zero-order valence-electron chi connectivity index (χ0n) is 16.6. The molecule has 1 aliphatic heterocycles. The number of anilines is 1. The van der Waals surface area contributed by atoms with Crippen molar-refractivity contribution in [3.8, 4) is 0 Å². The van der Waals surface area contributed by atoms with Crippen molar-refractivity contribution in [2.45, 2.75) is 26.1 Å². The van der Waals surface area contributed by atoms with Gasteiger partial charge in [0, 0.05) is 12.0 Å². The van der Waals surface area contributed by atoms with Gasteiger partial charge in [0.05, 0.1) is 23.4 Å². The van der Waals surface area contributed by atoms with E-state index in [2.05, 4.69) is 29.7 Å². The molecule has 4 aromatic rings. The third-order valence-corrected chi connectivity index (χ3v) is 6.87. The van der Waals surface area contributed by atoms with E-state index >= 15 is 0 Å². The van der Waals surface area contributed by atoms with Crippen LogP contribution in [0.5, 0.6) is 0 Å². The Bertz CT molecular complexity index is 1230. The Kier molecular flexibility index (Phi) is 5.08. The molecule has 0 saturated heterocycles. The van der Waals surface area contributed by atoms with Gasteiger partial charge in [0.1, 0.15) is 17.9 Å². The predicted molar refractivity (Wildman–Crippen MR) is 121 cm³/mol. The molecule has 0 radical (unpaired) electrons. The van der Waals surface area contributed by atoms with Crippen molar-refractivity contribution in [1.82, 2.24) is 9.55 Å². The van der Waals surface area contributed by atoms with Crippen LogP contribution in [0.25, 0.3) is 10.2 Å². The molecule has 1 unspecified atom stereocenters. The monoisotopic (exact) mass is 418 g/mol. The van der Waals surface area contributed by atoms with E-state index in [-0.39, 0.29) is 5.56 Å². The number of rotatable bonds is 5. The predicted octanol–water partition coefficient (Wildman–Crippen LogP) is 1.93. The van der Waals surface area contributed by atoms with Gasteiger partial charge >= 0.3 is 0 Å². The van der Waals surface area contributed by atoms with Crippen molar-refractivity contribution in [3.05, 3.63) is 92.6 Å². The normalized spacial score (nSPS) is 15.8. The van der Waals surface area contributed by atoms with E-state index in [1.165, 1.54) is 20.9 Å². The fourth-order valence-electron chi connectivity index (χ4n) is 4.27. The number of benzene rings is 2. The summed E-state index contributed by atoms with van der Waals surface area (Å²) in [6.07, 6.45) is 0.898. The van der Waals surface area contributed by atoms with Gasteiger partial charge in [-0.3, -0.25) is 14.8 Å². The van der Waals surface area contributed by atoms with E-state index < -0.39 is 0 Å². The maximum absolute atomic E-state index is 13.4. The fraction of sp³-hybridized carbons (Fsp3) is 0.217. The fourth-order valence-corrected chi connectivity index (χ4v) is 5.55. The molecule has 1 atom stereocenters. The molecule has 152 valence electrons. The van der Waals surface area contributed by atoms with Crippen molar-refractivity contribution in [2.75, 3.05) is 12.0 Å². The van der Waals surface area contributed by atoms with E-state index in [4.69, 9.17) is 10.8 Å². The second-order valence-corrected chi connectivity index (χ2v) is 8.81. The number of hydrazine groups is 1. The van der Waals surface area contributed by atoms with E-state index in [9.17, 15) is 4.79 Å². The quantitative estimate of drug-likeness (QED) is 0.342. The number of nitrogens with zero attached hydrogens (tertiary/aromatic N) is 2. The summed E-state index contributed by atoms with van der Waals surface area (Å²) in [5.74, 6) is 6.13. The van der Waals surface area contributed by atoms with Crippen molar-refractivity contribution < 1.29 is 4.90 Å². The molecule has 0 aliphatic carbocycles. The van der Waals surface area contributed by atoms with Crippen LogP contribution < -0.4 is 21.7 Å². The van der Waals surface area contributed by atoms with Crippen LogP contribution in [0.4, 0.5) is 5.95 Å². The Morgan fingerprint density at radius 1 is 1.07 bits per heavy atom. The van der Waals surface area contributed by atoms with E-state index in [1.54, 1.807) is 15.9 Å². The summed E-state index contributed by atoms with van der Waals surface area (Å²) in [5, 5.41) is 0.767. The second-order valence-electron chi connectivity index (χ2n) is 7.73. The number of fused-ring (bicyclic) bond motifs is 3. The van der Waals surface area contributed by atoms with Gasteiger partial charge in [-0.05, 0) is 11.1 Å². The SMILES string of the molecule is NNc1nc2sc3c(c2c(=O)n1Cc1ccccc1)CC[NH+](Cc1ccccc1)C3. The van der Waals surface area contributed by atoms with E-state index in [1.807, 2.05) is 36.4 Å². The molecular formula is C23H24N5OS+. The van der Waals surface area contributed by atoms with Crippen LogP contribution >= 0.6 is 11.3 Å². The van der Waals surface area contributed by atoms with Crippen molar-refractivity contribution >= 4 is 27.5 Å². The molecule has 2 aromatic carbocycles. The maximum Gasteiger partial charge on any atom is 0.264 e. The Hall–Kier alpha value is -3.00. The zero-order valence-corrected chi connectivity index (χ0v) is 17.4. The summed E-state index contributed by atoms with van der Waals surface area (Å²) in [5.41, 5.74) is 6.17. The van der Waals surface area contributed by atoms with Gasteiger partial charge in [0.15, 0.2) is 0 Å². The molecule has 0 amide bonds. The number of nitrogens with one attached hydrogen (secondary N) is 2. The first kappa shape index (κ1) is 19.0. The highest BCUT2D eigenvalue weighted by atomic mass is 32.1. The highest BCUT2D eigenvalue weighted by Gasteiger charge is 2.27. The lowest BCUT2D eigenvalue weighted by Crippen LogP contribution is -3.10. The number of nitrogen functional groups attached to an aromatic ring is 1. The first-order valence-electron chi connectivity index (χ1n) is 10.2. The number of quaternary nitrogens is 1. The smallest absolute Gasteiger partial charge is 0.264 e. The van der Waals surface area contributed by atoms with Crippen LogP contribution in [0.15, 0.2) is 65.5 Å². The minimum absolute atomic E-state index is 0.0131. The van der Waals surface area contributed by atoms with Crippen LogP contribution in [0, 0.1) is 0 Å². The summed E-state index contributed by atoms with van der Waals surface area (Å²) in [6, 6.07) is 20.5. The molecule has 4 N–H and O–H groups in total. The molecule has 0 spiro atoms. The van der Waals surface area contributed by atoms with Crippen molar-refractivity contribution in [3.63, 3.8) is 0 Å². The average Bonchev–Trinajstić information content (AvgIpc) is 3.14. The number of hydrogen-bond donors (Lipinski definition) is 3. The van der Waals surface area contributed by atoms with Gasteiger partial charge in [-0.2, -0.15) is 0 Å². The molecule has 7 heteroatoms. The third kappa shape index (κ3) is 3.52. The standard InChI is InChI=1S/C23H23N5OS/c24-26-23-25-21-20(22(29)28(23)14-17-9-5-2-6-10-17)18-11-12-27(15-19(18)30-21)13-16-7-3-1-4-8-16/h1-10H,11-15,24H2,(H,25,26)/p+1. The third-order valence-electron chi connectivity index (χ3n) is 5.74. The first-order chi connectivity index (χ1) is 14.7. The first-order valence-corrected chi connectivity index (χ1v) is 11.0. The highest BCUT2D eigenvalue weighted by molar-refractivity contribution is 7.18. The average molecular weight is 419 g/mol. The van der Waals surface area contributed by atoms with Crippen molar-refractivity contribution in [1.29, 1.82) is 0 Å². The molecule has 6 nitrogen and oxygen atoms in total. The van der Waals surface area contributed by atoms with Gasteiger partial charge in [-0.1, -0.05) is 60.7 Å². The number of nitrogens with two attached hydrogens (primary N) is 1. The summed E-state index contributed by atoms with van der Waals surface area (Å²) in [4.78, 5) is 21.7. The molecule has 3 heterocycles. The Balaban J connectivity index is 1.51. The van der Waals surface area contributed by atoms with Crippen LogP contribution in [-0.2, 0) is 26.1 Å². The summed E-state index contributed by atoms with van der Waals surface area (Å²) < 4.78 is 1.65. The number of aromatic nitrogens is 2. The molecule has 1 aliphatic rings. The molecule has 0 bridgehead atoms. The Morgan fingerprint density at radius 2 is 1.77 bits per heavy atom. The molecule has 0 fully saturated rings. The number of hydrogen-bond acceptors (Lipinski definition) is 5. The molecule has 0 saturated carbocycles. The van der Waals surface area contributed by atoms with Crippen LogP contribution in [0.2, 0.25) is 0 Å². The summed E-state index contributed by atoms with van der Waals surface area (Å²) >= 11 is 1.63. The van der Waals surface area contributed by atoms with E-state index in [0.29, 0.717) is 12.5 Å². The molecule has 2 aromatic heterocycles. The minimum Gasteiger partial charge on any atom is -0.326 e. The Labute approximate surface area is 178 Å². The zero-order chi connectivity index (χ0) is 20.5. The van der Waals surface area contributed by atoms with Crippen LogP contribution in [-0.4, -0.2) is 16.1 Å². The lowest BCUT2D eigenvalue weighted by Gasteiger charge is -2.24. The lowest BCUT2D eigenvalue weighted by molar-refractivity contribution is -0.929. The van der Waals surface area contributed by atoms with Gasteiger partial charge in [0.2, 0.25) is 5.95 Å². The topological polar surface area (TPSA) is 77.4 Å². The van der Waals surface area contributed by atoms with Crippen molar-refractivity contribution in [2.24, 2.45) is 5.84 Å². The highest BCUT2D eigenvalue weighted by Crippen LogP contribution is 2.30. The minimum atomic E-state index is -0.0131. The summed E-state index contributed by atoms with van der Waals surface area (Å²) in [6.45, 7) is 3.38. The second kappa shape index (κ2) is 8.02. The van der Waals surface area contributed by atoms with Crippen LogP contribution in [0.1, 0.15) is 21.6 Å². The largest absolute Gasteiger partial charge is 0.326 e. The van der Waals surface area contributed by atoms with Crippen LogP contribution in [0.3, 0.4) is 0 Å². The van der Waals surface area contributed by atoms with Gasteiger partial charge in [-0.25, -0.2) is 10.8 Å². The molecule has 30 heavy (non-hydrogen) atoms. The van der Waals surface area contributed by atoms with Gasteiger partial charge in [0.25, 0.3) is 5.56 Å². The maximum atomic E-state index is 13.4. The molecular weight excluding hydrogens is 394 g/mol. The van der Waals surface area contributed by atoms with Gasteiger partial charge < -0.3 is 4.90 Å². The number of thiophene rings is 1. The van der Waals surface area contributed by atoms with E-state index in [0.717, 1.165) is 41.8 Å². The van der Waals surface area contributed by atoms with Gasteiger partial charge in [-0.15, -0.1) is 11.3 Å². The lowest BCUT2D eigenvalue weighted by atomic mass is 10.0. The Morgan fingerprint density at radius 3 is 2.47 bits per heavy atom. The molecule has 5 rings (SSSR count). The summed E-state index contributed by atoms with van der Waals surface area (Å²) in [7, 11) is 0.